The molecule has 0 unspecified atom stereocenters. The Morgan fingerprint density at radius 2 is 0.565 bits per heavy atom. The zero-order valence-electron chi connectivity index (χ0n) is 34.5. The quantitative estimate of drug-likeness (QED) is 0.157. The van der Waals surface area contributed by atoms with Gasteiger partial charge in [-0.05, 0) is 139 Å². The van der Waals surface area contributed by atoms with E-state index in [-0.39, 0.29) is 0 Å². The van der Waals surface area contributed by atoms with E-state index in [4.69, 9.17) is 0 Å². The topological polar surface area (TPSA) is 9.86 Å². The van der Waals surface area contributed by atoms with Gasteiger partial charge in [0.15, 0.2) is 0 Å². The van der Waals surface area contributed by atoms with Gasteiger partial charge < -0.3 is 9.13 Å². The van der Waals surface area contributed by atoms with Crippen LogP contribution in [0.25, 0.3) is 120 Å². The van der Waals surface area contributed by atoms with Crippen molar-refractivity contribution in [3.05, 3.63) is 217 Å². The summed E-state index contributed by atoms with van der Waals surface area (Å²) in [6, 6.07) is 76.8. The lowest BCUT2D eigenvalue weighted by molar-refractivity contribution is 1.18. The summed E-state index contributed by atoms with van der Waals surface area (Å²) in [7, 11) is 0. The second kappa shape index (κ2) is 13.3. The summed E-state index contributed by atoms with van der Waals surface area (Å²) in [6.07, 6.45) is 0. The fourth-order valence-electron chi connectivity index (χ4n) is 10.8. The monoisotopic (exact) mass is 788 g/mol. The molecule has 62 heavy (non-hydrogen) atoms. The molecule has 0 bridgehead atoms. The highest BCUT2D eigenvalue weighted by atomic mass is 15.0. The van der Waals surface area contributed by atoms with Crippen molar-refractivity contribution in [2.75, 3.05) is 0 Å². The molecule has 0 N–H and O–H groups in total. The summed E-state index contributed by atoms with van der Waals surface area (Å²) < 4.78 is 4.92. The van der Waals surface area contributed by atoms with Crippen molar-refractivity contribution in [2.24, 2.45) is 0 Å². The minimum absolute atomic E-state index is 1.15. The Hall–Kier alpha value is -7.94. The predicted octanol–water partition coefficient (Wildman–Crippen LogP) is 16.4. The van der Waals surface area contributed by atoms with E-state index in [0.29, 0.717) is 0 Å². The lowest BCUT2D eigenvalue weighted by Crippen LogP contribution is -1.99. The van der Waals surface area contributed by atoms with Crippen LogP contribution in [0.1, 0.15) is 11.1 Å². The minimum atomic E-state index is 1.15. The molecule has 0 aliphatic carbocycles. The maximum Gasteiger partial charge on any atom is 0.0541 e. The standard InChI is InChI=1S/C60H40N2/c1-37-27-29-39-15-3-5-17-43(39)57(37)59-49-33-31-42(62-55-25-13-9-21-47(55)48-22-10-14-26-56(48)62)36-52(49)60(58-38(2)28-30-40-16-4-6-18-44(40)58)50-34-32-41(35-51(50)59)61-53-23-11-7-19-45(53)46-20-8-12-24-54(46)61/h3-36H,1-2H3. The van der Waals surface area contributed by atoms with Crippen LogP contribution in [0.5, 0.6) is 0 Å². The summed E-state index contributed by atoms with van der Waals surface area (Å²) in [4.78, 5) is 0. The Morgan fingerprint density at radius 1 is 0.242 bits per heavy atom. The molecule has 0 amide bonds. The van der Waals surface area contributed by atoms with Crippen molar-refractivity contribution < 1.29 is 0 Å². The molecule has 2 heteroatoms. The lowest BCUT2D eigenvalue weighted by atomic mass is 9.81. The van der Waals surface area contributed by atoms with Crippen LogP contribution in [0, 0.1) is 13.8 Å². The van der Waals surface area contributed by atoms with Crippen molar-refractivity contribution >= 4 is 86.7 Å². The summed E-state index contributed by atoms with van der Waals surface area (Å²) in [5.74, 6) is 0. The molecule has 0 spiro atoms. The van der Waals surface area contributed by atoms with Gasteiger partial charge in [0.05, 0.1) is 22.1 Å². The van der Waals surface area contributed by atoms with E-state index < -0.39 is 0 Å². The first-order chi connectivity index (χ1) is 30.6. The molecule has 0 atom stereocenters. The van der Waals surface area contributed by atoms with Crippen LogP contribution in [-0.2, 0) is 0 Å². The summed E-state index contributed by atoms with van der Waals surface area (Å²) >= 11 is 0. The van der Waals surface area contributed by atoms with E-state index in [0.717, 1.165) is 11.4 Å². The van der Waals surface area contributed by atoms with Crippen molar-refractivity contribution in [2.45, 2.75) is 13.8 Å². The first-order valence-electron chi connectivity index (χ1n) is 21.6. The van der Waals surface area contributed by atoms with Crippen LogP contribution in [-0.4, -0.2) is 9.13 Å². The average molecular weight is 789 g/mol. The predicted molar refractivity (Wildman–Crippen MR) is 265 cm³/mol. The van der Waals surface area contributed by atoms with Crippen LogP contribution in [0.3, 0.4) is 0 Å². The van der Waals surface area contributed by atoms with Crippen LogP contribution >= 0.6 is 0 Å². The Labute approximate surface area is 359 Å². The molecule has 2 aromatic heterocycles. The van der Waals surface area contributed by atoms with Gasteiger partial charge in [0.25, 0.3) is 0 Å². The SMILES string of the molecule is Cc1ccc2ccccc2c1-c1c2ccc(-n3c4ccccc4c4ccccc43)cc2c(-c2c(C)ccc3ccccc23)c2ccc(-n3c4ccccc4c4ccccc43)cc12. The fourth-order valence-corrected chi connectivity index (χ4v) is 10.8. The first-order valence-corrected chi connectivity index (χ1v) is 21.6. The molecule has 0 radical (unpaired) electrons. The van der Waals surface area contributed by atoms with Gasteiger partial charge in [-0.1, -0.05) is 158 Å². The van der Waals surface area contributed by atoms with Gasteiger partial charge in [-0.25, -0.2) is 0 Å². The van der Waals surface area contributed by atoms with Crippen LogP contribution in [0.15, 0.2) is 206 Å². The lowest BCUT2D eigenvalue weighted by Gasteiger charge is -2.23. The summed E-state index contributed by atoms with van der Waals surface area (Å²) in [6.45, 7) is 4.57. The van der Waals surface area contributed by atoms with Crippen LogP contribution < -0.4 is 0 Å². The maximum atomic E-state index is 2.48. The Kier molecular flexibility index (Phi) is 7.47. The number of hydrogen-bond donors (Lipinski definition) is 0. The van der Waals surface area contributed by atoms with Crippen LogP contribution in [0.4, 0.5) is 0 Å². The fraction of sp³-hybridized carbons (Fsp3) is 0.0333. The second-order valence-corrected chi connectivity index (χ2v) is 16.9. The highest BCUT2D eigenvalue weighted by molar-refractivity contribution is 6.27. The second-order valence-electron chi connectivity index (χ2n) is 16.9. The van der Waals surface area contributed by atoms with Gasteiger partial charge in [-0.2, -0.15) is 0 Å². The molecule has 0 fully saturated rings. The van der Waals surface area contributed by atoms with Gasteiger partial charge in [0.1, 0.15) is 0 Å². The van der Waals surface area contributed by atoms with Crippen molar-refractivity contribution in [1.82, 2.24) is 9.13 Å². The smallest absolute Gasteiger partial charge is 0.0541 e. The molecular formula is C60H40N2. The Bertz CT molecular complexity index is 3640. The number of hydrogen-bond acceptors (Lipinski definition) is 0. The molecule has 2 nitrogen and oxygen atoms in total. The molecule has 0 aliphatic heterocycles. The maximum absolute atomic E-state index is 2.48. The zero-order chi connectivity index (χ0) is 41.1. The van der Waals surface area contributed by atoms with Crippen LogP contribution in [0.2, 0.25) is 0 Å². The average Bonchev–Trinajstić information content (AvgIpc) is 3.84. The third-order valence-electron chi connectivity index (χ3n) is 13.5. The van der Waals surface area contributed by atoms with Gasteiger partial charge in [-0.3, -0.25) is 0 Å². The molecule has 290 valence electrons. The van der Waals surface area contributed by atoms with Gasteiger partial charge in [0, 0.05) is 32.9 Å². The van der Waals surface area contributed by atoms with Crippen molar-refractivity contribution in [3.8, 4) is 33.6 Å². The zero-order valence-corrected chi connectivity index (χ0v) is 34.5. The highest BCUT2D eigenvalue weighted by Gasteiger charge is 2.24. The van der Waals surface area contributed by atoms with E-state index in [2.05, 4.69) is 229 Å². The largest absolute Gasteiger partial charge is 0.309 e. The van der Waals surface area contributed by atoms with E-state index >= 15 is 0 Å². The summed E-state index contributed by atoms with van der Waals surface area (Å²) in [5.41, 5.74) is 14.7. The van der Waals surface area contributed by atoms with E-state index in [9.17, 15) is 0 Å². The molecule has 13 aromatic rings. The number of aryl methyl sites for hydroxylation is 2. The highest BCUT2D eigenvalue weighted by Crippen LogP contribution is 2.50. The third-order valence-corrected chi connectivity index (χ3v) is 13.5. The molecule has 2 heterocycles. The number of nitrogens with zero attached hydrogens (tertiary/aromatic N) is 2. The normalized spacial score (nSPS) is 12.0. The van der Waals surface area contributed by atoms with Gasteiger partial charge in [-0.15, -0.1) is 0 Å². The third kappa shape index (κ3) is 4.92. The number of para-hydroxylation sites is 4. The summed E-state index contributed by atoms with van der Waals surface area (Å²) in [5, 5.41) is 15.0. The van der Waals surface area contributed by atoms with Crippen molar-refractivity contribution in [3.63, 3.8) is 0 Å². The number of rotatable bonds is 4. The molecule has 0 saturated heterocycles. The number of aromatic nitrogens is 2. The van der Waals surface area contributed by atoms with E-state index in [1.165, 1.54) is 120 Å². The van der Waals surface area contributed by atoms with E-state index in [1.54, 1.807) is 0 Å². The molecule has 0 aliphatic rings. The molecular weight excluding hydrogens is 749 g/mol. The number of benzene rings is 11. The first kappa shape index (κ1) is 34.9. The van der Waals surface area contributed by atoms with Crippen molar-refractivity contribution in [1.29, 1.82) is 0 Å². The Balaban J connectivity index is 1.25. The van der Waals surface area contributed by atoms with E-state index in [1.807, 2.05) is 0 Å². The number of fused-ring (bicyclic) bond motifs is 10. The molecule has 11 aromatic carbocycles. The Morgan fingerprint density at radius 3 is 0.935 bits per heavy atom. The minimum Gasteiger partial charge on any atom is -0.309 e. The molecule has 0 saturated carbocycles. The van der Waals surface area contributed by atoms with Gasteiger partial charge >= 0.3 is 0 Å². The van der Waals surface area contributed by atoms with Gasteiger partial charge in [0.2, 0.25) is 0 Å². The molecule has 13 rings (SSSR count).